The van der Waals surface area contributed by atoms with Crippen LogP contribution < -0.4 is 10.6 Å². The van der Waals surface area contributed by atoms with Crippen molar-refractivity contribution in [1.82, 2.24) is 15.5 Å². The molecule has 18 heavy (non-hydrogen) atoms. The van der Waals surface area contributed by atoms with E-state index in [0.717, 1.165) is 12.8 Å². The van der Waals surface area contributed by atoms with E-state index < -0.39 is 6.10 Å². The summed E-state index contributed by atoms with van der Waals surface area (Å²) in [5.74, 6) is 0.592. The van der Waals surface area contributed by atoms with Crippen LogP contribution in [0.1, 0.15) is 26.7 Å². The average molecular weight is 252 g/mol. The fraction of sp³-hybridized carbons (Fsp3) is 0.583. The van der Waals surface area contributed by atoms with Crippen LogP contribution in [0.4, 0.5) is 10.6 Å². The smallest absolute Gasteiger partial charge is 0.320 e. The third-order valence-corrected chi connectivity index (χ3v) is 2.88. The Kier molecular flexibility index (Phi) is 6.07. The maximum atomic E-state index is 11.5. The molecular formula is C12H20N4O2. The maximum Gasteiger partial charge on any atom is 0.320 e. The van der Waals surface area contributed by atoms with E-state index in [4.69, 9.17) is 0 Å². The van der Waals surface area contributed by atoms with Crippen molar-refractivity contribution in [2.45, 2.75) is 32.8 Å². The molecule has 6 heteroatoms. The molecule has 0 saturated heterocycles. The van der Waals surface area contributed by atoms with Crippen LogP contribution in [0.3, 0.4) is 0 Å². The van der Waals surface area contributed by atoms with Gasteiger partial charge >= 0.3 is 6.03 Å². The number of urea groups is 1. The largest absolute Gasteiger partial charge is 0.391 e. The Morgan fingerprint density at radius 2 is 2.17 bits per heavy atom. The van der Waals surface area contributed by atoms with E-state index in [-0.39, 0.29) is 18.5 Å². The minimum absolute atomic E-state index is 0.210. The number of aromatic nitrogens is 2. The van der Waals surface area contributed by atoms with Crippen molar-refractivity contribution in [3.8, 4) is 0 Å². The van der Waals surface area contributed by atoms with Gasteiger partial charge in [-0.25, -0.2) is 4.79 Å². The standard InChI is InChI=1S/C12H20N4O2/c1-3-9(4-2)10(17)8-13-12(18)15-11-6-5-7-14-16-11/h5-7,9-10,17H,3-4,8H2,1-2H3,(H2,13,15,16,18). The number of aliphatic hydroxyl groups is 1. The van der Waals surface area contributed by atoms with E-state index in [9.17, 15) is 9.90 Å². The third kappa shape index (κ3) is 4.67. The van der Waals surface area contributed by atoms with Crippen LogP contribution >= 0.6 is 0 Å². The molecule has 1 aromatic heterocycles. The number of amides is 2. The van der Waals surface area contributed by atoms with Gasteiger partial charge in [-0.15, -0.1) is 5.10 Å². The summed E-state index contributed by atoms with van der Waals surface area (Å²) >= 11 is 0. The quantitative estimate of drug-likeness (QED) is 0.714. The molecule has 0 fully saturated rings. The highest BCUT2D eigenvalue weighted by Gasteiger charge is 2.16. The summed E-state index contributed by atoms with van der Waals surface area (Å²) in [6, 6.07) is 2.94. The van der Waals surface area contributed by atoms with E-state index in [1.165, 1.54) is 6.20 Å². The van der Waals surface area contributed by atoms with Crippen LogP contribution in [0.2, 0.25) is 0 Å². The van der Waals surface area contributed by atoms with Gasteiger partial charge < -0.3 is 10.4 Å². The second-order valence-electron chi connectivity index (χ2n) is 4.09. The Morgan fingerprint density at radius 3 is 2.72 bits per heavy atom. The highest BCUT2D eigenvalue weighted by Crippen LogP contribution is 2.12. The van der Waals surface area contributed by atoms with Gasteiger partial charge in [-0.2, -0.15) is 5.10 Å². The summed E-state index contributed by atoms with van der Waals surface area (Å²) in [5, 5.41) is 22.4. The molecule has 0 saturated carbocycles. The number of anilines is 1. The molecule has 6 nitrogen and oxygen atoms in total. The van der Waals surface area contributed by atoms with Crippen LogP contribution in [0.25, 0.3) is 0 Å². The number of carbonyl (C=O) groups is 1. The molecule has 0 aliphatic heterocycles. The second kappa shape index (κ2) is 7.60. The van der Waals surface area contributed by atoms with Crippen molar-refractivity contribution in [2.24, 2.45) is 5.92 Å². The van der Waals surface area contributed by atoms with E-state index in [2.05, 4.69) is 20.8 Å². The zero-order chi connectivity index (χ0) is 13.4. The first-order valence-corrected chi connectivity index (χ1v) is 6.18. The van der Waals surface area contributed by atoms with E-state index in [0.29, 0.717) is 5.82 Å². The molecule has 1 aromatic rings. The highest BCUT2D eigenvalue weighted by atomic mass is 16.3. The van der Waals surface area contributed by atoms with Crippen LogP contribution in [0.15, 0.2) is 18.3 Å². The Balaban J connectivity index is 2.33. The summed E-state index contributed by atoms with van der Waals surface area (Å²) in [7, 11) is 0. The van der Waals surface area contributed by atoms with Gasteiger partial charge in [0.1, 0.15) is 0 Å². The number of aliphatic hydroxyl groups excluding tert-OH is 1. The molecule has 1 atom stereocenters. The Labute approximate surface area is 107 Å². The molecule has 0 aliphatic rings. The van der Waals surface area contributed by atoms with Gasteiger partial charge in [-0.3, -0.25) is 5.32 Å². The SMILES string of the molecule is CCC(CC)C(O)CNC(=O)Nc1cccnn1. The lowest BCUT2D eigenvalue weighted by Crippen LogP contribution is -2.38. The molecule has 1 rings (SSSR count). The zero-order valence-electron chi connectivity index (χ0n) is 10.8. The summed E-state index contributed by atoms with van der Waals surface area (Å²) in [6.07, 6.45) is 2.79. The van der Waals surface area contributed by atoms with Gasteiger partial charge in [0.15, 0.2) is 5.82 Å². The van der Waals surface area contributed by atoms with Gasteiger partial charge in [-0.05, 0) is 18.1 Å². The minimum Gasteiger partial charge on any atom is -0.391 e. The first-order chi connectivity index (χ1) is 8.67. The van der Waals surface area contributed by atoms with Crippen LogP contribution in [0, 0.1) is 5.92 Å². The molecule has 0 bridgehead atoms. The Morgan fingerprint density at radius 1 is 1.44 bits per heavy atom. The number of nitrogens with one attached hydrogen (secondary N) is 2. The minimum atomic E-state index is -0.521. The van der Waals surface area contributed by atoms with Gasteiger partial charge in [0.25, 0.3) is 0 Å². The van der Waals surface area contributed by atoms with E-state index in [1.54, 1.807) is 12.1 Å². The van der Waals surface area contributed by atoms with Gasteiger partial charge in [0.05, 0.1) is 6.10 Å². The van der Waals surface area contributed by atoms with E-state index >= 15 is 0 Å². The Bertz CT molecular complexity index is 354. The molecule has 0 spiro atoms. The fourth-order valence-corrected chi connectivity index (χ4v) is 1.73. The van der Waals surface area contributed by atoms with Crippen molar-refractivity contribution >= 4 is 11.8 Å². The van der Waals surface area contributed by atoms with Gasteiger partial charge in [-0.1, -0.05) is 26.7 Å². The molecule has 3 N–H and O–H groups in total. The molecule has 0 radical (unpaired) electrons. The zero-order valence-corrected chi connectivity index (χ0v) is 10.8. The van der Waals surface area contributed by atoms with Crippen molar-refractivity contribution in [1.29, 1.82) is 0 Å². The summed E-state index contributed by atoms with van der Waals surface area (Å²) in [6.45, 7) is 4.28. The van der Waals surface area contributed by atoms with Crippen LogP contribution in [0.5, 0.6) is 0 Å². The molecule has 0 aromatic carbocycles. The summed E-state index contributed by atoms with van der Waals surface area (Å²) in [4.78, 5) is 11.5. The lowest BCUT2D eigenvalue weighted by molar-refractivity contribution is 0.104. The molecule has 100 valence electrons. The van der Waals surface area contributed by atoms with Crippen LogP contribution in [-0.4, -0.2) is 34.0 Å². The molecular weight excluding hydrogens is 232 g/mol. The lowest BCUT2D eigenvalue weighted by atomic mass is 9.97. The molecule has 1 unspecified atom stereocenters. The second-order valence-corrected chi connectivity index (χ2v) is 4.09. The molecule has 0 aliphatic carbocycles. The van der Waals surface area contributed by atoms with Crippen molar-refractivity contribution in [3.05, 3.63) is 18.3 Å². The number of carbonyl (C=O) groups excluding carboxylic acids is 1. The first kappa shape index (κ1) is 14.4. The molecule has 2 amide bonds. The van der Waals surface area contributed by atoms with Crippen LogP contribution in [-0.2, 0) is 0 Å². The number of hydrogen-bond donors (Lipinski definition) is 3. The summed E-state index contributed by atoms with van der Waals surface area (Å²) < 4.78 is 0. The topological polar surface area (TPSA) is 87.1 Å². The van der Waals surface area contributed by atoms with E-state index in [1.807, 2.05) is 13.8 Å². The Hall–Kier alpha value is -1.69. The predicted molar refractivity (Wildman–Crippen MR) is 69.1 cm³/mol. The van der Waals surface area contributed by atoms with Gasteiger partial charge in [0.2, 0.25) is 0 Å². The third-order valence-electron chi connectivity index (χ3n) is 2.88. The maximum absolute atomic E-state index is 11.5. The van der Waals surface area contributed by atoms with Gasteiger partial charge in [0, 0.05) is 12.7 Å². The monoisotopic (exact) mass is 252 g/mol. The normalized spacial score (nSPS) is 12.2. The number of hydrogen-bond acceptors (Lipinski definition) is 4. The number of rotatable bonds is 6. The van der Waals surface area contributed by atoms with Crippen molar-refractivity contribution < 1.29 is 9.90 Å². The summed E-state index contributed by atoms with van der Waals surface area (Å²) in [5.41, 5.74) is 0. The first-order valence-electron chi connectivity index (χ1n) is 6.18. The predicted octanol–water partition coefficient (Wildman–Crippen LogP) is 1.40. The van der Waals surface area contributed by atoms with Crippen molar-refractivity contribution in [2.75, 3.05) is 11.9 Å². The average Bonchev–Trinajstić information content (AvgIpc) is 2.39. The number of nitrogens with zero attached hydrogens (tertiary/aromatic N) is 2. The van der Waals surface area contributed by atoms with Crippen molar-refractivity contribution in [3.63, 3.8) is 0 Å². The molecule has 1 heterocycles. The highest BCUT2D eigenvalue weighted by molar-refractivity contribution is 5.87. The lowest BCUT2D eigenvalue weighted by Gasteiger charge is -2.20. The fourth-order valence-electron chi connectivity index (χ4n) is 1.73.